The topological polar surface area (TPSA) is 54.2 Å². The summed E-state index contributed by atoms with van der Waals surface area (Å²) in [6.45, 7) is 9.08. The lowest BCUT2D eigenvalue weighted by Crippen LogP contribution is -2.54. The average molecular weight is 276 g/mol. The molecule has 0 bridgehead atoms. The lowest BCUT2D eigenvalue weighted by Gasteiger charge is -2.46. The third-order valence-corrected chi connectivity index (χ3v) is 4.69. The van der Waals surface area contributed by atoms with Crippen LogP contribution < -0.4 is 11.1 Å². The maximum Gasteiger partial charge on any atom is 0.128 e. The van der Waals surface area contributed by atoms with Crippen molar-refractivity contribution in [2.24, 2.45) is 0 Å². The first-order chi connectivity index (χ1) is 9.48. The van der Waals surface area contributed by atoms with Gasteiger partial charge in [-0.2, -0.15) is 0 Å². The Morgan fingerprint density at radius 1 is 1.30 bits per heavy atom. The summed E-state index contributed by atoms with van der Waals surface area (Å²) in [6, 6.07) is 2.23. The first kappa shape index (κ1) is 15.3. The monoisotopic (exact) mass is 276 g/mol. The second-order valence-electron chi connectivity index (χ2n) is 6.35. The second-order valence-corrected chi connectivity index (χ2v) is 6.35. The maximum absolute atomic E-state index is 6.15. The fourth-order valence-corrected chi connectivity index (χ4v) is 3.47. The summed E-state index contributed by atoms with van der Waals surface area (Å²) in [5.74, 6) is 0.648. The molecule has 0 radical (unpaired) electrons. The molecular formula is C16H28N4. The van der Waals surface area contributed by atoms with Gasteiger partial charge in [0.2, 0.25) is 0 Å². The molecule has 1 saturated heterocycles. The summed E-state index contributed by atoms with van der Waals surface area (Å²) in [5, 5.41) is 3.48. The van der Waals surface area contributed by atoms with Gasteiger partial charge in [-0.3, -0.25) is 4.90 Å². The largest absolute Gasteiger partial charge is 0.383 e. The number of likely N-dealkylation sites (N-methyl/N-ethyl adjacent to an activating group) is 1. The second kappa shape index (κ2) is 6.10. The average Bonchev–Trinajstić information content (AvgIpc) is 2.43. The SMILES string of the molecule is CNC(c1c(C)ccnc1N)C(C)(C)N1CCCCC1. The molecule has 0 amide bonds. The third kappa shape index (κ3) is 2.81. The minimum absolute atomic E-state index is 0.0249. The van der Waals surface area contributed by atoms with Gasteiger partial charge in [0.15, 0.2) is 0 Å². The Hall–Kier alpha value is -1.13. The molecule has 1 atom stereocenters. The standard InChI is InChI=1S/C16H28N4/c1-12-8-9-19-15(17)13(12)14(18-4)16(2,3)20-10-6-5-7-11-20/h8-9,14,18H,5-7,10-11H2,1-4H3,(H2,17,19). The molecule has 112 valence electrons. The van der Waals surface area contributed by atoms with Crippen LogP contribution >= 0.6 is 0 Å². The van der Waals surface area contributed by atoms with Crippen LogP contribution in [0.15, 0.2) is 12.3 Å². The first-order valence-corrected chi connectivity index (χ1v) is 7.61. The normalized spacial score (nSPS) is 19.0. The molecule has 2 rings (SSSR count). The quantitative estimate of drug-likeness (QED) is 0.887. The Bertz CT molecular complexity index is 430. The molecule has 1 unspecified atom stereocenters. The molecule has 1 aromatic heterocycles. The lowest BCUT2D eigenvalue weighted by molar-refractivity contribution is 0.0632. The molecular weight excluding hydrogens is 248 g/mol. The molecule has 2 heterocycles. The summed E-state index contributed by atoms with van der Waals surface area (Å²) < 4.78 is 0. The number of pyridine rings is 1. The number of nitrogens with two attached hydrogens (primary N) is 1. The summed E-state index contributed by atoms with van der Waals surface area (Å²) in [6.07, 6.45) is 5.72. The Balaban J connectivity index is 2.35. The van der Waals surface area contributed by atoms with E-state index < -0.39 is 0 Å². The number of aryl methyl sites for hydroxylation is 1. The van der Waals surface area contributed by atoms with E-state index in [9.17, 15) is 0 Å². The first-order valence-electron chi connectivity index (χ1n) is 7.61. The van der Waals surface area contributed by atoms with Crippen LogP contribution in [-0.2, 0) is 0 Å². The van der Waals surface area contributed by atoms with E-state index in [-0.39, 0.29) is 11.6 Å². The molecule has 4 nitrogen and oxygen atoms in total. The number of nitrogens with one attached hydrogen (secondary N) is 1. The molecule has 3 N–H and O–H groups in total. The molecule has 1 aliphatic heterocycles. The Kier molecular flexibility index (Phi) is 4.66. The summed E-state index contributed by atoms with van der Waals surface area (Å²) >= 11 is 0. The Morgan fingerprint density at radius 3 is 2.50 bits per heavy atom. The molecule has 0 aliphatic carbocycles. The highest BCUT2D eigenvalue weighted by atomic mass is 15.2. The predicted octanol–water partition coefficient (Wildman–Crippen LogP) is 2.50. The zero-order chi connectivity index (χ0) is 14.8. The van der Waals surface area contributed by atoms with E-state index in [2.05, 4.69) is 36.0 Å². The van der Waals surface area contributed by atoms with Crippen LogP contribution in [-0.4, -0.2) is 35.6 Å². The highest BCUT2D eigenvalue weighted by Crippen LogP contribution is 2.36. The number of anilines is 1. The van der Waals surface area contributed by atoms with Crippen molar-refractivity contribution >= 4 is 5.82 Å². The van der Waals surface area contributed by atoms with Crippen molar-refractivity contribution in [2.75, 3.05) is 25.9 Å². The fraction of sp³-hybridized carbons (Fsp3) is 0.688. The van der Waals surface area contributed by atoms with E-state index in [0.717, 1.165) is 5.56 Å². The molecule has 4 heteroatoms. The number of likely N-dealkylation sites (tertiary alicyclic amines) is 1. The van der Waals surface area contributed by atoms with E-state index in [1.807, 2.05) is 13.1 Å². The van der Waals surface area contributed by atoms with Crippen molar-refractivity contribution in [1.82, 2.24) is 15.2 Å². The summed E-state index contributed by atoms with van der Waals surface area (Å²) in [4.78, 5) is 6.87. The van der Waals surface area contributed by atoms with Crippen molar-refractivity contribution in [3.8, 4) is 0 Å². The van der Waals surface area contributed by atoms with Crippen molar-refractivity contribution < 1.29 is 0 Å². The molecule has 20 heavy (non-hydrogen) atoms. The van der Waals surface area contributed by atoms with E-state index in [4.69, 9.17) is 5.73 Å². The van der Waals surface area contributed by atoms with Gasteiger partial charge in [0.1, 0.15) is 5.82 Å². The smallest absolute Gasteiger partial charge is 0.128 e. The highest BCUT2D eigenvalue weighted by molar-refractivity contribution is 5.47. The Morgan fingerprint density at radius 2 is 1.95 bits per heavy atom. The van der Waals surface area contributed by atoms with Crippen molar-refractivity contribution in [1.29, 1.82) is 0 Å². The number of aromatic nitrogens is 1. The number of nitrogen functional groups attached to an aromatic ring is 1. The van der Waals surface area contributed by atoms with E-state index in [0.29, 0.717) is 5.82 Å². The Labute approximate surface area is 122 Å². The van der Waals surface area contributed by atoms with Gasteiger partial charge in [-0.1, -0.05) is 6.42 Å². The van der Waals surface area contributed by atoms with Crippen molar-refractivity contribution in [3.63, 3.8) is 0 Å². The minimum atomic E-state index is 0.0249. The molecule has 0 aromatic carbocycles. The van der Waals surface area contributed by atoms with Gasteiger partial charge in [-0.05, 0) is 65.4 Å². The van der Waals surface area contributed by atoms with Gasteiger partial charge in [-0.25, -0.2) is 4.98 Å². The number of hydrogen-bond donors (Lipinski definition) is 2. The van der Waals surface area contributed by atoms with Gasteiger partial charge in [-0.15, -0.1) is 0 Å². The number of rotatable bonds is 4. The van der Waals surface area contributed by atoms with Crippen molar-refractivity contribution in [2.45, 2.75) is 51.6 Å². The van der Waals surface area contributed by atoms with Gasteiger partial charge in [0.25, 0.3) is 0 Å². The van der Waals surface area contributed by atoms with E-state index >= 15 is 0 Å². The molecule has 0 saturated carbocycles. The molecule has 1 fully saturated rings. The van der Waals surface area contributed by atoms with Gasteiger partial charge in [0.05, 0.1) is 6.04 Å². The van der Waals surface area contributed by atoms with Crippen LogP contribution in [0.25, 0.3) is 0 Å². The van der Waals surface area contributed by atoms with E-state index in [1.54, 1.807) is 6.20 Å². The van der Waals surface area contributed by atoms with Crippen LogP contribution in [0.1, 0.15) is 50.3 Å². The number of hydrogen-bond acceptors (Lipinski definition) is 4. The van der Waals surface area contributed by atoms with E-state index in [1.165, 1.54) is 37.9 Å². The predicted molar refractivity (Wildman–Crippen MR) is 84.7 cm³/mol. The summed E-state index contributed by atoms with van der Waals surface area (Å²) in [5.41, 5.74) is 8.53. The van der Waals surface area contributed by atoms with Gasteiger partial charge in [0, 0.05) is 17.3 Å². The molecule has 0 spiro atoms. The zero-order valence-electron chi connectivity index (χ0n) is 13.2. The molecule has 1 aliphatic rings. The minimum Gasteiger partial charge on any atom is -0.383 e. The summed E-state index contributed by atoms with van der Waals surface area (Å²) in [7, 11) is 2.02. The van der Waals surface area contributed by atoms with Crippen LogP contribution in [0.4, 0.5) is 5.82 Å². The van der Waals surface area contributed by atoms with Crippen LogP contribution in [0.3, 0.4) is 0 Å². The highest BCUT2D eigenvalue weighted by Gasteiger charge is 2.37. The lowest BCUT2D eigenvalue weighted by atomic mass is 9.84. The third-order valence-electron chi connectivity index (χ3n) is 4.69. The van der Waals surface area contributed by atoms with Crippen LogP contribution in [0, 0.1) is 6.92 Å². The van der Waals surface area contributed by atoms with Crippen LogP contribution in [0.2, 0.25) is 0 Å². The van der Waals surface area contributed by atoms with Crippen molar-refractivity contribution in [3.05, 3.63) is 23.4 Å². The molecule has 1 aromatic rings. The fourth-order valence-electron chi connectivity index (χ4n) is 3.47. The zero-order valence-corrected chi connectivity index (χ0v) is 13.2. The number of piperidine rings is 1. The maximum atomic E-state index is 6.15. The van der Waals surface area contributed by atoms with Gasteiger partial charge < -0.3 is 11.1 Å². The van der Waals surface area contributed by atoms with Crippen LogP contribution in [0.5, 0.6) is 0 Å². The van der Waals surface area contributed by atoms with Gasteiger partial charge >= 0.3 is 0 Å². The number of nitrogens with zero attached hydrogens (tertiary/aromatic N) is 2.